The van der Waals surface area contributed by atoms with Crippen molar-refractivity contribution in [3.05, 3.63) is 41.0 Å². The third-order valence-corrected chi connectivity index (χ3v) is 4.15. The van der Waals surface area contributed by atoms with Crippen LogP contribution < -0.4 is 10.2 Å². The standard InChI is InChI=1S/C17H21ClN4/c1-2-15-12-16(22-10-3-8-19-9-11-22)21-17(20-15)13-4-6-14(18)7-5-13/h4-7,12,19H,2-3,8-11H2,1H3. The Morgan fingerprint density at radius 2 is 1.95 bits per heavy atom. The van der Waals surface area contributed by atoms with E-state index in [0.717, 1.165) is 66.9 Å². The fourth-order valence-corrected chi connectivity index (χ4v) is 2.76. The van der Waals surface area contributed by atoms with Crippen LogP contribution in [0.5, 0.6) is 0 Å². The van der Waals surface area contributed by atoms with Gasteiger partial charge >= 0.3 is 0 Å². The largest absolute Gasteiger partial charge is 0.355 e. The summed E-state index contributed by atoms with van der Waals surface area (Å²) < 4.78 is 0. The third-order valence-electron chi connectivity index (χ3n) is 3.89. The molecule has 3 rings (SSSR count). The molecule has 116 valence electrons. The van der Waals surface area contributed by atoms with Crippen LogP contribution in [-0.4, -0.2) is 36.1 Å². The summed E-state index contributed by atoms with van der Waals surface area (Å²) in [5, 5.41) is 4.16. The molecule has 0 radical (unpaired) electrons. The van der Waals surface area contributed by atoms with Crippen LogP contribution in [0, 0.1) is 0 Å². The average Bonchev–Trinajstić information content (AvgIpc) is 2.84. The molecule has 0 spiro atoms. The minimum absolute atomic E-state index is 0.731. The Kier molecular flexibility index (Phi) is 4.90. The maximum Gasteiger partial charge on any atom is 0.161 e. The molecule has 1 aliphatic rings. The van der Waals surface area contributed by atoms with E-state index in [1.165, 1.54) is 0 Å². The van der Waals surface area contributed by atoms with Crippen molar-refractivity contribution < 1.29 is 0 Å². The van der Waals surface area contributed by atoms with Gasteiger partial charge in [0, 0.05) is 42.0 Å². The summed E-state index contributed by atoms with van der Waals surface area (Å²) in [4.78, 5) is 11.8. The summed E-state index contributed by atoms with van der Waals surface area (Å²) in [6.07, 6.45) is 2.05. The maximum absolute atomic E-state index is 5.97. The van der Waals surface area contributed by atoms with Crippen LogP contribution >= 0.6 is 11.6 Å². The van der Waals surface area contributed by atoms with Gasteiger partial charge in [-0.25, -0.2) is 9.97 Å². The molecule has 0 aliphatic carbocycles. The van der Waals surface area contributed by atoms with Gasteiger partial charge in [0.05, 0.1) is 0 Å². The lowest BCUT2D eigenvalue weighted by Gasteiger charge is -2.22. The predicted molar refractivity (Wildman–Crippen MR) is 91.6 cm³/mol. The molecule has 1 fully saturated rings. The highest BCUT2D eigenvalue weighted by Crippen LogP contribution is 2.22. The maximum atomic E-state index is 5.97. The van der Waals surface area contributed by atoms with Crippen LogP contribution in [0.2, 0.25) is 5.02 Å². The number of hydrogen-bond donors (Lipinski definition) is 1. The molecule has 2 aromatic rings. The van der Waals surface area contributed by atoms with E-state index in [1.807, 2.05) is 24.3 Å². The van der Waals surface area contributed by atoms with Crippen molar-refractivity contribution in [2.45, 2.75) is 19.8 Å². The normalized spacial score (nSPS) is 15.6. The van der Waals surface area contributed by atoms with Crippen LogP contribution in [0.25, 0.3) is 11.4 Å². The van der Waals surface area contributed by atoms with Crippen molar-refractivity contribution in [1.29, 1.82) is 0 Å². The minimum atomic E-state index is 0.731. The summed E-state index contributed by atoms with van der Waals surface area (Å²) in [6, 6.07) is 9.84. The Balaban J connectivity index is 1.96. The number of nitrogens with zero attached hydrogens (tertiary/aromatic N) is 3. The molecule has 0 atom stereocenters. The SMILES string of the molecule is CCc1cc(N2CCCNCC2)nc(-c2ccc(Cl)cc2)n1. The molecule has 1 aliphatic heterocycles. The number of anilines is 1. The monoisotopic (exact) mass is 316 g/mol. The van der Waals surface area contributed by atoms with Gasteiger partial charge in [-0.05, 0) is 43.7 Å². The van der Waals surface area contributed by atoms with Gasteiger partial charge in [-0.2, -0.15) is 0 Å². The van der Waals surface area contributed by atoms with Crippen molar-refractivity contribution in [3.63, 3.8) is 0 Å². The summed E-state index contributed by atoms with van der Waals surface area (Å²) in [7, 11) is 0. The van der Waals surface area contributed by atoms with Crippen LogP contribution in [0.15, 0.2) is 30.3 Å². The summed E-state index contributed by atoms with van der Waals surface area (Å²) >= 11 is 5.97. The minimum Gasteiger partial charge on any atom is -0.355 e. The second-order valence-electron chi connectivity index (χ2n) is 5.49. The van der Waals surface area contributed by atoms with Gasteiger partial charge in [0.2, 0.25) is 0 Å². The number of benzene rings is 1. The number of nitrogens with one attached hydrogen (secondary N) is 1. The van der Waals surface area contributed by atoms with Gasteiger partial charge in [0.25, 0.3) is 0 Å². The molecule has 0 unspecified atom stereocenters. The Morgan fingerprint density at radius 1 is 1.14 bits per heavy atom. The Morgan fingerprint density at radius 3 is 2.73 bits per heavy atom. The first-order valence-electron chi connectivity index (χ1n) is 7.86. The zero-order valence-corrected chi connectivity index (χ0v) is 13.6. The lowest BCUT2D eigenvalue weighted by Crippen LogP contribution is -2.29. The fourth-order valence-electron chi connectivity index (χ4n) is 2.63. The molecule has 1 saturated heterocycles. The molecule has 22 heavy (non-hydrogen) atoms. The quantitative estimate of drug-likeness (QED) is 0.944. The predicted octanol–water partition coefficient (Wildman–Crippen LogP) is 3.16. The topological polar surface area (TPSA) is 41.0 Å². The first-order valence-corrected chi connectivity index (χ1v) is 8.23. The van der Waals surface area contributed by atoms with Gasteiger partial charge < -0.3 is 10.2 Å². The van der Waals surface area contributed by atoms with E-state index < -0.39 is 0 Å². The van der Waals surface area contributed by atoms with Crippen LogP contribution in [0.1, 0.15) is 19.0 Å². The number of rotatable bonds is 3. The zero-order valence-electron chi connectivity index (χ0n) is 12.8. The van der Waals surface area contributed by atoms with E-state index in [0.29, 0.717) is 0 Å². The Hall–Kier alpha value is -1.65. The number of hydrogen-bond acceptors (Lipinski definition) is 4. The number of aryl methyl sites for hydroxylation is 1. The van der Waals surface area contributed by atoms with Crippen molar-refractivity contribution in [2.24, 2.45) is 0 Å². The first-order chi connectivity index (χ1) is 10.8. The van der Waals surface area contributed by atoms with E-state index in [4.69, 9.17) is 16.6 Å². The molecule has 0 bridgehead atoms. The molecule has 0 amide bonds. The van der Waals surface area contributed by atoms with Gasteiger partial charge in [-0.15, -0.1) is 0 Å². The van der Waals surface area contributed by atoms with Crippen molar-refractivity contribution in [2.75, 3.05) is 31.1 Å². The lowest BCUT2D eigenvalue weighted by molar-refractivity contribution is 0.724. The van der Waals surface area contributed by atoms with E-state index in [9.17, 15) is 0 Å². The van der Waals surface area contributed by atoms with E-state index in [-0.39, 0.29) is 0 Å². The molecular formula is C17H21ClN4. The molecule has 2 heterocycles. The second-order valence-corrected chi connectivity index (χ2v) is 5.93. The van der Waals surface area contributed by atoms with Gasteiger partial charge in [-0.1, -0.05) is 18.5 Å². The molecule has 4 nitrogen and oxygen atoms in total. The Bertz CT molecular complexity index is 619. The molecule has 5 heteroatoms. The molecule has 0 saturated carbocycles. The highest BCUT2D eigenvalue weighted by atomic mass is 35.5. The highest BCUT2D eigenvalue weighted by Gasteiger charge is 2.14. The first kappa shape index (κ1) is 15.3. The highest BCUT2D eigenvalue weighted by molar-refractivity contribution is 6.30. The summed E-state index contributed by atoms with van der Waals surface area (Å²) in [6.45, 7) is 6.23. The third kappa shape index (κ3) is 3.57. The van der Waals surface area contributed by atoms with Gasteiger partial charge in [0.15, 0.2) is 5.82 Å². The molecule has 1 aromatic heterocycles. The van der Waals surface area contributed by atoms with Crippen molar-refractivity contribution >= 4 is 17.4 Å². The number of halogens is 1. The molecule has 1 aromatic carbocycles. The second kappa shape index (κ2) is 7.07. The molecule has 1 N–H and O–H groups in total. The summed E-state index contributed by atoms with van der Waals surface area (Å²) in [5.74, 6) is 1.81. The van der Waals surface area contributed by atoms with Crippen LogP contribution in [-0.2, 0) is 6.42 Å². The van der Waals surface area contributed by atoms with Gasteiger partial charge in [0.1, 0.15) is 5.82 Å². The molecular weight excluding hydrogens is 296 g/mol. The van der Waals surface area contributed by atoms with Crippen molar-refractivity contribution in [3.8, 4) is 11.4 Å². The van der Waals surface area contributed by atoms with Crippen molar-refractivity contribution in [1.82, 2.24) is 15.3 Å². The zero-order chi connectivity index (χ0) is 15.4. The summed E-state index contributed by atoms with van der Waals surface area (Å²) in [5.41, 5.74) is 2.08. The van der Waals surface area contributed by atoms with Crippen LogP contribution in [0.4, 0.5) is 5.82 Å². The number of aromatic nitrogens is 2. The van der Waals surface area contributed by atoms with E-state index in [1.54, 1.807) is 0 Å². The van der Waals surface area contributed by atoms with E-state index in [2.05, 4.69) is 28.2 Å². The average molecular weight is 317 g/mol. The Labute approximate surface area is 136 Å². The van der Waals surface area contributed by atoms with Gasteiger partial charge in [-0.3, -0.25) is 0 Å². The fraction of sp³-hybridized carbons (Fsp3) is 0.412. The van der Waals surface area contributed by atoms with Crippen LogP contribution in [0.3, 0.4) is 0 Å². The lowest BCUT2D eigenvalue weighted by atomic mass is 10.2. The smallest absolute Gasteiger partial charge is 0.161 e. The van der Waals surface area contributed by atoms with E-state index >= 15 is 0 Å².